The number of aryl methyl sites for hydroxylation is 1. The molecule has 4 rings (SSSR count). The Hall–Kier alpha value is -3.26. The van der Waals surface area contributed by atoms with Crippen LogP contribution >= 0.6 is 11.8 Å². The predicted octanol–water partition coefficient (Wildman–Crippen LogP) is 4.83. The number of nitrogens with one attached hydrogen (secondary N) is 1. The fourth-order valence-corrected chi connectivity index (χ4v) is 3.20. The number of nitrogens with zero attached hydrogens (tertiary/aromatic N) is 3. The molecule has 0 unspecified atom stereocenters. The molecular weight excluding hydrogens is 376 g/mol. The fraction of sp³-hybridized carbons (Fsp3) is 0.150. The Balaban J connectivity index is 1.35. The first kappa shape index (κ1) is 18.1. The zero-order valence-electron chi connectivity index (χ0n) is 15.4. The number of H-pyrrole nitrogens is 1. The van der Waals surface area contributed by atoms with Crippen LogP contribution in [0.25, 0.3) is 23.4 Å². The molecule has 1 N–H and O–H groups in total. The van der Waals surface area contributed by atoms with Gasteiger partial charge >= 0.3 is 0 Å². The van der Waals surface area contributed by atoms with Crippen molar-refractivity contribution in [3.8, 4) is 17.0 Å². The van der Waals surface area contributed by atoms with Gasteiger partial charge in [0, 0.05) is 11.6 Å². The third kappa shape index (κ3) is 4.34. The van der Waals surface area contributed by atoms with Crippen molar-refractivity contribution in [2.45, 2.75) is 17.8 Å². The minimum atomic E-state index is 0.585. The van der Waals surface area contributed by atoms with E-state index in [2.05, 4.69) is 20.3 Å². The van der Waals surface area contributed by atoms with Crippen LogP contribution in [0.15, 0.2) is 56.6 Å². The maximum Gasteiger partial charge on any atom is 0.209 e. The largest absolute Gasteiger partial charge is 0.497 e. The Labute approximate surface area is 165 Å². The van der Waals surface area contributed by atoms with Crippen LogP contribution in [0, 0.1) is 6.92 Å². The summed E-state index contributed by atoms with van der Waals surface area (Å²) in [6, 6.07) is 13.4. The Morgan fingerprint density at radius 2 is 2.00 bits per heavy atom. The molecule has 7 nitrogen and oxygen atoms in total. The number of furan rings is 1. The Morgan fingerprint density at radius 3 is 2.75 bits per heavy atom. The lowest BCUT2D eigenvalue weighted by molar-refractivity contribution is 0.397. The average molecular weight is 394 g/mol. The van der Waals surface area contributed by atoms with Gasteiger partial charge in [-0.25, -0.2) is 4.98 Å². The molecule has 142 valence electrons. The van der Waals surface area contributed by atoms with Gasteiger partial charge in [0.2, 0.25) is 5.16 Å². The molecule has 0 saturated carbocycles. The van der Waals surface area contributed by atoms with Crippen molar-refractivity contribution in [3.63, 3.8) is 0 Å². The first-order valence-corrected chi connectivity index (χ1v) is 9.58. The van der Waals surface area contributed by atoms with E-state index in [9.17, 15) is 0 Å². The number of ether oxygens (including phenoxy) is 1. The van der Waals surface area contributed by atoms with Crippen LogP contribution < -0.4 is 4.74 Å². The first-order valence-electron chi connectivity index (χ1n) is 8.59. The van der Waals surface area contributed by atoms with Crippen molar-refractivity contribution in [2.24, 2.45) is 0 Å². The smallest absolute Gasteiger partial charge is 0.209 e. The molecule has 28 heavy (non-hydrogen) atoms. The van der Waals surface area contributed by atoms with Gasteiger partial charge in [-0.2, -0.15) is 0 Å². The summed E-state index contributed by atoms with van der Waals surface area (Å²) in [5.74, 6) is 4.45. The van der Waals surface area contributed by atoms with Crippen molar-refractivity contribution in [2.75, 3.05) is 7.11 Å². The molecule has 1 aromatic carbocycles. The summed E-state index contributed by atoms with van der Waals surface area (Å²) >= 11 is 1.47. The van der Waals surface area contributed by atoms with Gasteiger partial charge in [0.05, 0.1) is 12.9 Å². The Bertz CT molecular complexity index is 1080. The van der Waals surface area contributed by atoms with Gasteiger partial charge in [0.25, 0.3) is 0 Å². The summed E-state index contributed by atoms with van der Waals surface area (Å²) in [7, 11) is 1.64. The second-order valence-corrected chi connectivity index (χ2v) is 6.92. The van der Waals surface area contributed by atoms with E-state index in [1.165, 1.54) is 11.8 Å². The first-order chi connectivity index (χ1) is 13.7. The number of benzene rings is 1. The van der Waals surface area contributed by atoms with Crippen molar-refractivity contribution >= 4 is 23.9 Å². The summed E-state index contributed by atoms with van der Waals surface area (Å²) < 4.78 is 16.1. The highest BCUT2D eigenvalue weighted by molar-refractivity contribution is 7.98. The van der Waals surface area contributed by atoms with Crippen molar-refractivity contribution in [1.29, 1.82) is 0 Å². The molecule has 0 bridgehead atoms. The van der Waals surface area contributed by atoms with Crippen LogP contribution in [0.4, 0.5) is 0 Å². The molecule has 0 spiro atoms. The van der Waals surface area contributed by atoms with Gasteiger partial charge in [-0.05, 0) is 55.5 Å². The minimum Gasteiger partial charge on any atom is -0.497 e. The van der Waals surface area contributed by atoms with Gasteiger partial charge in [-0.1, -0.05) is 16.9 Å². The van der Waals surface area contributed by atoms with E-state index in [0.29, 0.717) is 16.7 Å². The minimum absolute atomic E-state index is 0.585. The van der Waals surface area contributed by atoms with Gasteiger partial charge < -0.3 is 13.7 Å². The standard InChI is InChI=1S/C20H18N4O3S/c1-13-3-6-16(26-13)9-10-19-21-20(23-22-19)28-12-17-11-18(24-27-17)14-4-7-15(25-2)8-5-14/h3-11H,12H2,1-2H3,(H,21,22,23)/b10-9+. The van der Waals surface area contributed by atoms with Crippen molar-refractivity contribution in [3.05, 3.63) is 65.6 Å². The van der Waals surface area contributed by atoms with Crippen LogP contribution in [-0.4, -0.2) is 27.4 Å². The zero-order valence-corrected chi connectivity index (χ0v) is 16.2. The molecule has 0 atom stereocenters. The SMILES string of the molecule is COc1ccc(-c2cc(CSc3n[nH]c(/C=C/c4ccc(C)o4)n3)on2)cc1. The highest BCUT2D eigenvalue weighted by Gasteiger charge is 2.09. The summed E-state index contributed by atoms with van der Waals surface area (Å²) in [5, 5.41) is 11.9. The van der Waals surface area contributed by atoms with E-state index in [0.717, 1.165) is 34.3 Å². The number of thioether (sulfide) groups is 1. The van der Waals surface area contributed by atoms with E-state index in [4.69, 9.17) is 13.7 Å². The topological polar surface area (TPSA) is 90.0 Å². The Morgan fingerprint density at radius 1 is 1.14 bits per heavy atom. The second-order valence-electron chi connectivity index (χ2n) is 5.98. The monoisotopic (exact) mass is 394 g/mol. The van der Waals surface area contributed by atoms with Gasteiger partial charge in [0.15, 0.2) is 0 Å². The molecule has 0 aliphatic heterocycles. The number of methoxy groups -OCH3 is 1. The quantitative estimate of drug-likeness (QED) is 0.449. The number of hydrogen-bond donors (Lipinski definition) is 1. The molecule has 4 aromatic rings. The normalized spacial score (nSPS) is 11.4. The number of aromatic nitrogens is 4. The summed E-state index contributed by atoms with van der Waals surface area (Å²) in [6.07, 6.45) is 3.67. The fourth-order valence-electron chi connectivity index (χ4n) is 2.52. The van der Waals surface area contributed by atoms with E-state index in [1.54, 1.807) is 7.11 Å². The van der Waals surface area contributed by atoms with Crippen molar-refractivity contribution in [1.82, 2.24) is 20.3 Å². The number of rotatable bonds is 7. The van der Waals surface area contributed by atoms with Gasteiger partial charge in [-0.3, -0.25) is 5.10 Å². The number of hydrogen-bond acceptors (Lipinski definition) is 7. The van der Waals surface area contributed by atoms with Crippen LogP contribution in [0.2, 0.25) is 0 Å². The second kappa shape index (κ2) is 8.18. The molecule has 0 saturated heterocycles. The zero-order chi connectivity index (χ0) is 19.3. The van der Waals surface area contributed by atoms with Crippen LogP contribution in [0.3, 0.4) is 0 Å². The summed E-state index contributed by atoms with van der Waals surface area (Å²) in [4.78, 5) is 4.42. The molecule has 0 fully saturated rings. The highest BCUT2D eigenvalue weighted by Crippen LogP contribution is 2.25. The average Bonchev–Trinajstić information content (AvgIpc) is 3.46. The summed E-state index contributed by atoms with van der Waals surface area (Å²) in [6.45, 7) is 1.91. The Kier molecular flexibility index (Phi) is 5.29. The lowest BCUT2D eigenvalue weighted by Gasteiger charge is -1.99. The van der Waals surface area contributed by atoms with Crippen LogP contribution in [0.1, 0.15) is 23.1 Å². The molecule has 0 aliphatic rings. The molecule has 8 heteroatoms. The molecule has 0 amide bonds. The lowest BCUT2D eigenvalue weighted by Crippen LogP contribution is -1.82. The van der Waals surface area contributed by atoms with Crippen LogP contribution in [-0.2, 0) is 5.75 Å². The predicted molar refractivity (Wildman–Crippen MR) is 107 cm³/mol. The van der Waals surface area contributed by atoms with Crippen molar-refractivity contribution < 1.29 is 13.7 Å². The molecular formula is C20H18N4O3S. The third-order valence-electron chi connectivity index (χ3n) is 3.94. The number of aromatic amines is 1. The molecule has 3 heterocycles. The lowest BCUT2D eigenvalue weighted by atomic mass is 10.1. The highest BCUT2D eigenvalue weighted by atomic mass is 32.2. The van der Waals surface area contributed by atoms with Gasteiger partial charge in [0.1, 0.15) is 34.5 Å². The van der Waals surface area contributed by atoms with Crippen LogP contribution in [0.5, 0.6) is 5.75 Å². The van der Waals surface area contributed by atoms with E-state index < -0.39 is 0 Å². The van der Waals surface area contributed by atoms with E-state index in [-0.39, 0.29) is 0 Å². The summed E-state index contributed by atoms with van der Waals surface area (Å²) in [5.41, 5.74) is 1.75. The molecule has 0 radical (unpaired) electrons. The van der Waals surface area contributed by atoms with E-state index >= 15 is 0 Å². The van der Waals surface area contributed by atoms with Gasteiger partial charge in [-0.15, -0.1) is 5.10 Å². The maximum absolute atomic E-state index is 5.49. The molecule has 3 aromatic heterocycles. The maximum atomic E-state index is 5.49. The third-order valence-corrected chi connectivity index (χ3v) is 4.81. The molecule has 0 aliphatic carbocycles. The van der Waals surface area contributed by atoms with E-state index in [1.807, 2.05) is 61.5 Å².